The van der Waals surface area contributed by atoms with Crippen molar-refractivity contribution in [3.63, 3.8) is 0 Å². The topological polar surface area (TPSA) is 75.3 Å². The second kappa shape index (κ2) is 6.68. The molecule has 1 aromatic rings. The maximum Gasteiger partial charge on any atom is 0.241 e. The molecule has 0 radical (unpaired) electrons. The first-order chi connectivity index (χ1) is 11.8. The van der Waals surface area contributed by atoms with Crippen molar-refractivity contribution in [1.29, 1.82) is 0 Å². The van der Waals surface area contributed by atoms with Crippen molar-refractivity contribution in [2.75, 3.05) is 25.9 Å². The van der Waals surface area contributed by atoms with Gasteiger partial charge < -0.3 is 10.6 Å². The third-order valence-corrected chi connectivity index (χ3v) is 7.90. The van der Waals surface area contributed by atoms with Crippen LogP contribution in [0.4, 0.5) is 4.39 Å². The average molecular weight is 368 g/mol. The summed E-state index contributed by atoms with van der Waals surface area (Å²) in [7, 11) is -3.52. The summed E-state index contributed by atoms with van der Waals surface area (Å²) >= 11 is 0. The van der Waals surface area contributed by atoms with Crippen molar-refractivity contribution in [3.8, 4) is 0 Å². The zero-order valence-electron chi connectivity index (χ0n) is 14.5. The van der Waals surface area contributed by atoms with E-state index in [1.807, 2.05) is 0 Å². The molecule has 1 amide bonds. The Morgan fingerprint density at radius 1 is 1.16 bits per heavy atom. The van der Waals surface area contributed by atoms with Crippen molar-refractivity contribution < 1.29 is 17.6 Å². The molecule has 7 heteroatoms. The summed E-state index contributed by atoms with van der Waals surface area (Å²) in [6.07, 6.45) is 4.60. The third-order valence-electron chi connectivity index (χ3n) is 5.89. The summed E-state index contributed by atoms with van der Waals surface area (Å²) in [6.45, 7) is 1.43. The second-order valence-corrected chi connectivity index (χ2v) is 9.67. The number of halogens is 1. The number of piperidine rings is 1. The molecule has 25 heavy (non-hydrogen) atoms. The summed E-state index contributed by atoms with van der Waals surface area (Å²) in [5.74, 6) is -0.683. The maximum atomic E-state index is 13.2. The maximum absolute atomic E-state index is 13.2. The predicted molar refractivity (Wildman–Crippen MR) is 94.6 cm³/mol. The fraction of sp³-hybridized carbons (Fsp3) is 0.611. The molecule has 1 heterocycles. The van der Waals surface area contributed by atoms with E-state index in [1.54, 1.807) is 12.1 Å². The highest BCUT2D eigenvalue weighted by Crippen LogP contribution is 2.43. The molecule has 0 bridgehead atoms. The second-order valence-electron chi connectivity index (χ2n) is 7.34. The lowest BCUT2D eigenvalue weighted by molar-refractivity contribution is -0.124. The van der Waals surface area contributed by atoms with E-state index in [-0.39, 0.29) is 11.2 Å². The van der Waals surface area contributed by atoms with Gasteiger partial charge in [-0.25, -0.2) is 12.8 Å². The number of carbonyl (C=O) groups excluding carboxylic acids is 1. The molecule has 0 aromatic heterocycles. The minimum Gasteiger partial charge on any atom is -0.354 e. The normalized spacial score (nSPS) is 22.0. The Morgan fingerprint density at radius 3 is 2.24 bits per heavy atom. The van der Waals surface area contributed by atoms with Crippen LogP contribution in [0, 0.1) is 5.82 Å². The number of hydrogen-bond acceptors (Lipinski definition) is 4. The van der Waals surface area contributed by atoms with Crippen LogP contribution in [-0.4, -0.2) is 45.0 Å². The fourth-order valence-corrected chi connectivity index (χ4v) is 5.34. The SMILES string of the molecule is CS(=O)(=O)C1(C(=O)NCC2(c3ccc(F)cc3)CCC2)CCNCC1. The summed E-state index contributed by atoms with van der Waals surface area (Å²) in [6, 6.07) is 6.39. The quantitative estimate of drug-likeness (QED) is 0.827. The molecule has 2 N–H and O–H groups in total. The van der Waals surface area contributed by atoms with E-state index in [4.69, 9.17) is 0 Å². The lowest BCUT2D eigenvalue weighted by atomic mass is 9.64. The Balaban J connectivity index is 1.77. The monoisotopic (exact) mass is 368 g/mol. The van der Waals surface area contributed by atoms with Gasteiger partial charge in [0.1, 0.15) is 5.82 Å². The Kier molecular flexibility index (Phi) is 4.90. The minimum atomic E-state index is -3.52. The molecule has 1 saturated heterocycles. The van der Waals surface area contributed by atoms with Gasteiger partial charge in [0.05, 0.1) is 0 Å². The molecule has 2 fully saturated rings. The van der Waals surface area contributed by atoms with Crippen molar-refractivity contribution in [2.24, 2.45) is 0 Å². The van der Waals surface area contributed by atoms with Crippen LogP contribution in [-0.2, 0) is 20.0 Å². The molecule has 0 spiro atoms. The molecule has 3 rings (SSSR count). The molecule has 0 unspecified atom stereocenters. The van der Waals surface area contributed by atoms with Gasteiger partial charge in [0.2, 0.25) is 5.91 Å². The summed E-state index contributed by atoms with van der Waals surface area (Å²) in [5, 5.41) is 6.03. The van der Waals surface area contributed by atoms with Gasteiger partial charge >= 0.3 is 0 Å². The minimum absolute atomic E-state index is 0.213. The van der Waals surface area contributed by atoms with Crippen molar-refractivity contribution in [1.82, 2.24) is 10.6 Å². The zero-order valence-corrected chi connectivity index (χ0v) is 15.3. The molecular formula is C18H25FN2O3S. The van der Waals surface area contributed by atoms with Crippen LogP contribution in [0.3, 0.4) is 0 Å². The number of nitrogens with one attached hydrogen (secondary N) is 2. The first kappa shape index (κ1) is 18.3. The summed E-state index contributed by atoms with van der Waals surface area (Å²) in [5.41, 5.74) is 0.786. The molecule has 1 aliphatic carbocycles. The predicted octanol–water partition coefficient (Wildman–Crippen LogP) is 1.53. The highest BCUT2D eigenvalue weighted by atomic mass is 32.2. The van der Waals surface area contributed by atoms with E-state index in [9.17, 15) is 17.6 Å². The summed E-state index contributed by atoms with van der Waals surface area (Å²) < 4.78 is 36.5. The lowest BCUT2D eigenvalue weighted by Gasteiger charge is -2.44. The highest BCUT2D eigenvalue weighted by molar-refractivity contribution is 7.92. The smallest absolute Gasteiger partial charge is 0.241 e. The van der Waals surface area contributed by atoms with Gasteiger partial charge in [-0.05, 0) is 56.5 Å². The Bertz CT molecular complexity index is 736. The molecule has 0 atom stereocenters. The summed E-state index contributed by atoms with van der Waals surface area (Å²) in [4.78, 5) is 12.9. The van der Waals surface area contributed by atoms with Crippen molar-refractivity contribution in [3.05, 3.63) is 35.6 Å². The third kappa shape index (κ3) is 3.31. The van der Waals surface area contributed by atoms with Gasteiger partial charge in [0.15, 0.2) is 14.6 Å². The van der Waals surface area contributed by atoms with Crippen LogP contribution in [0.2, 0.25) is 0 Å². The van der Waals surface area contributed by atoms with E-state index in [0.717, 1.165) is 31.1 Å². The highest BCUT2D eigenvalue weighted by Gasteiger charge is 2.49. The number of benzene rings is 1. The number of amides is 1. The average Bonchev–Trinajstić information content (AvgIpc) is 2.54. The van der Waals surface area contributed by atoms with Gasteiger partial charge in [-0.3, -0.25) is 4.79 Å². The van der Waals surface area contributed by atoms with E-state index in [1.165, 1.54) is 12.1 Å². The lowest BCUT2D eigenvalue weighted by Crippen LogP contribution is -2.59. The largest absolute Gasteiger partial charge is 0.354 e. The van der Waals surface area contributed by atoms with Crippen LogP contribution in [0.25, 0.3) is 0 Å². The van der Waals surface area contributed by atoms with E-state index in [2.05, 4.69) is 10.6 Å². The number of rotatable bonds is 5. The van der Waals surface area contributed by atoms with E-state index in [0.29, 0.717) is 32.5 Å². The number of carbonyl (C=O) groups is 1. The molecule has 1 aliphatic heterocycles. The van der Waals surface area contributed by atoms with E-state index >= 15 is 0 Å². The van der Waals surface area contributed by atoms with Gasteiger partial charge in [0, 0.05) is 18.2 Å². The first-order valence-electron chi connectivity index (χ1n) is 8.74. The molecular weight excluding hydrogens is 343 g/mol. The molecule has 138 valence electrons. The number of sulfone groups is 1. The molecule has 1 saturated carbocycles. The van der Waals surface area contributed by atoms with E-state index < -0.39 is 20.5 Å². The van der Waals surface area contributed by atoms with Gasteiger partial charge in [-0.1, -0.05) is 18.6 Å². The molecule has 2 aliphatic rings. The van der Waals surface area contributed by atoms with Crippen LogP contribution in [0.5, 0.6) is 0 Å². The van der Waals surface area contributed by atoms with Crippen molar-refractivity contribution in [2.45, 2.75) is 42.3 Å². The van der Waals surface area contributed by atoms with Crippen LogP contribution in [0.15, 0.2) is 24.3 Å². The van der Waals surface area contributed by atoms with Crippen LogP contribution < -0.4 is 10.6 Å². The number of hydrogen-bond donors (Lipinski definition) is 2. The van der Waals surface area contributed by atoms with Crippen LogP contribution >= 0.6 is 0 Å². The zero-order chi connectivity index (χ0) is 18.1. The Hall–Kier alpha value is -1.47. The standard InChI is InChI=1S/C18H25FN2O3S/c1-25(23,24)18(9-11-20-12-10-18)16(22)21-13-17(7-2-8-17)14-3-5-15(19)6-4-14/h3-6,20H,2,7-13H2,1H3,(H,21,22). The Morgan fingerprint density at radius 2 is 1.76 bits per heavy atom. The first-order valence-corrected chi connectivity index (χ1v) is 10.6. The van der Waals surface area contributed by atoms with Crippen LogP contribution in [0.1, 0.15) is 37.7 Å². The Labute approximate surface area is 148 Å². The van der Waals surface area contributed by atoms with Gasteiger partial charge in [0.25, 0.3) is 0 Å². The molecule has 5 nitrogen and oxygen atoms in total. The van der Waals surface area contributed by atoms with Gasteiger partial charge in [-0.15, -0.1) is 0 Å². The fourth-order valence-electron chi connectivity index (χ4n) is 3.98. The molecule has 1 aromatic carbocycles. The van der Waals surface area contributed by atoms with Gasteiger partial charge in [-0.2, -0.15) is 0 Å². The van der Waals surface area contributed by atoms with Crippen molar-refractivity contribution >= 4 is 15.7 Å².